The summed E-state index contributed by atoms with van der Waals surface area (Å²) >= 11 is 0. The number of rotatable bonds is 6. The highest BCUT2D eigenvalue weighted by Gasteiger charge is 2.24. The zero-order valence-corrected chi connectivity index (χ0v) is 19.5. The zero-order valence-electron chi connectivity index (χ0n) is 19.5. The normalized spacial score (nSPS) is 15.1. The molecule has 0 aliphatic carbocycles. The molecule has 1 fully saturated rings. The molecular formula is C23H30N8O2. The minimum atomic E-state index is -0.795. The lowest BCUT2D eigenvalue weighted by Crippen LogP contribution is -2.37. The summed E-state index contributed by atoms with van der Waals surface area (Å²) in [5.41, 5.74) is 2.62. The van der Waals surface area contributed by atoms with Gasteiger partial charge in [-0.05, 0) is 32.9 Å². The summed E-state index contributed by atoms with van der Waals surface area (Å²) in [5.74, 6) is 3.05. The van der Waals surface area contributed by atoms with Crippen molar-refractivity contribution in [3.8, 4) is 5.95 Å². The first kappa shape index (κ1) is 21.7. The van der Waals surface area contributed by atoms with Crippen LogP contribution >= 0.6 is 0 Å². The van der Waals surface area contributed by atoms with E-state index in [1.807, 2.05) is 47.4 Å². The third-order valence-corrected chi connectivity index (χ3v) is 5.86. The van der Waals surface area contributed by atoms with E-state index >= 15 is 0 Å². The van der Waals surface area contributed by atoms with Gasteiger partial charge in [0.2, 0.25) is 5.95 Å². The maximum atomic E-state index is 10.0. The van der Waals surface area contributed by atoms with Crippen molar-refractivity contribution in [2.75, 3.05) is 37.7 Å². The molecule has 1 aliphatic heterocycles. The van der Waals surface area contributed by atoms with Crippen molar-refractivity contribution < 1.29 is 9.84 Å². The van der Waals surface area contributed by atoms with E-state index in [1.54, 1.807) is 13.8 Å². The Morgan fingerprint density at radius 3 is 2.61 bits per heavy atom. The Morgan fingerprint density at radius 2 is 1.85 bits per heavy atom. The minimum absolute atomic E-state index is 0.462. The number of hydrogen-bond donors (Lipinski definition) is 2. The Bertz CT molecular complexity index is 1300. The van der Waals surface area contributed by atoms with E-state index in [0.29, 0.717) is 32.3 Å². The highest BCUT2D eigenvalue weighted by molar-refractivity contribution is 5.86. The van der Waals surface area contributed by atoms with Crippen LogP contribution in [0.4, 0.5) is 5.82 Å². The van der Waals surface area contributed by atoms with Crippen molar-refractivity contribution in [3.63, 3.8) is 0 Å². The van der Waals surface area contributed by atoms with Crippen LogP contribution in [0.5, 0.6) is 0 Å². The summed E-state index contributed by atoms with van der Waals surface area (Å²) in [6.45, 7) is 9.31. The van der Waals surface area contributed by atoms with Crippen LogP contribution in [-0.2, 0) is 18.3 Å². The van der Waals surface area contributed by atoms with Crippen LogP contribution in [0.2, 0.25) is 0 Å². The molecule has 2 N–H and O–H groups in total. The molecule has 3 aromatic heterocycles. The summed E-state index contributed by atoms with van der Waals surface area (Å²) in [5, 5.41) is 13.3. The standard InChI is InChI=1S/C23H30N8O2/c1-15-25-16-7-5-6-8-17(16)31(15)22-27-20-19(21(28-22)30-9-11-33-12-10-30)26-18(29(20)4)13-24-14-23(2,3)32/h5-8,24,32H,9-14H2,1-4H3. The molecule has 0 unspecified atom stereocenters. The van der Waals surface area contributed by atoms with Gasteiger partial charge in [-0.2, -0.15) is 9.97 Å². The van der Waals surface area contributed by atoms with Gasteiger partial charge in [0.25, 0.3) is 0 Å². The van der Waals surface area contributed by atoms with E-state index in [-0.39, 0.29) is 0 Å². The number of para-hydroxylation sites is 2. The summed E-state index contributed by atoms with van der Waals surface area (Å²) in [4.78, 5) is 21.7. The Labute approximate surface area is 192 Å². The molecule has 4 aromatic rings. The van der Waals surface area contributed by atoms with Gasteiger partial charge in [0.05, 0.1) is 36.4 Å². The SMILES string of the molecule is Cc1nc2ccccc2n1-c1nc(N2CCOCC2)c2nc(CNCC(C)(C)O)n(C)c2n1. The van der Waals surface area contributed by atoms with Crippen LogP contribution in [0.25, 0.3) is 28.1 Å². The van der Waals surface area contributed by atoms with Gasteiger partial charge in [-0.25, -0.2) is 9.97 Å². The number of anilines is 1. The van der Waals surface area contributed by atoms with E-state index in [0.717, 1.165) is 52.8 Å². The highest BCUT2D eigenvalue weighted by atomic mass is 16.5. The fourth-order valence-corrected chi connectivity index (χ4v) is 4.21. The molecule has 0 atom stereocenters. The fraction of sp³-hybridized carbons (Fsp3) is 0.478. The van der Waals surface area contributed by atoms with Crippen LogP contribution in [0, 0.1) is 6.92 Å². The van der Waals surface area contributed by atoms with Gasteiger partial charge in [-0.15, -0.1) is 0 Å². The van der Waals surface area contributed by atoms with Crippen molar-refractivity contribution in [1.82, 2.24) is 34.4 Å². The van der Waals surface area contributed by atoms with Gasteiger partial charge in [-0.1, -0.05) is 12.1 Å². The molecule has 0 bridgehead atoms. The molecule has 10 heteroatoms. The number of aliphatic hydroxyl groups is 1. The molecular weight excluding hydrogens is 420 g/mol. The largest absolute Gasteiger partial charge is 0.389 e. The van der Waals surface area contributed by atoms with Gasteiger partial charge in [-0.3, -0.25) is 4.57 Å². The number of benzene rings is 1. The molecule has 1 saturated heterocycles. The summed E-state index contributed by atoms with van der Waals surface area (Å²) in [7, 11) is 1.97. The molecule has 10 nitrogen and oxygen atoms in total. The topological polar surface area (TPSA) is 106 Å². The van der Waals surface area contributed by atoms with Crippen molar-refractivity contribution in [2.45, 2.75) is 32.9 Å². The molecule has 0 amide bonds. The number of morpholine rings is 1. The summed E-state index contributed by atoms with van der Waals surface area (Å²) < 4.78 is 9.56. The molecule has 33 heavy (non-hydrogen) atoms. The van der Waals surface area contributed by atoms with E-state index in [4.69, 9.17) is 24.7 Å². The number of imidazole rings is 2. The van der Waals surface area contributed by atoms with Crippen LogP contribution in [0.1, 0.15) is 25.5 Å². The fourth-order valence-electron chi connectivity index (χ4n) is 4.21. The number of fused-ring (bicyclic) bond motifs is 2. The molecule has 0 radical (unpaired) electrons. The quantitative estimate of drug-likeness (QED) is 0.457. The number of aromatic nitrogens is 6. The Hall–Kier alpha value is -3.08. The lowest BCUT2D eigenvalue weighted by molar-refractivity contribution is 0.0792. The van der Waals surface area contributed by atoms with Crippen molar-refractivity contribution in [3.05, 3.63) is 35.9 Å². The number of ether oxygens (including phenoxy) is 1. The Kier molecular flexibility index (Phi) is 5.51. The number of aryl methyl sites for hydroxylation is 2. The lowest BCUT2D eigenvalue weighted by atomic mass is 10.1. The zero-order chi connectivity index (χ0) is 23.2. The Morgan fingerprint density at radius 1 is 1.09 bits per heavy atom. The van der Waals surface area contributed by atoms with E-state index in [1.165, 1.54) is 0 Å². The second-order valence-electron chi connectivity index (χ2n) is 9.11. The third kappa shape index (κ3) is 4.17. The van der Waals surface area contributed by atoms with Crippen LogP contribution < -0.4 is 10.2 Å². The first-order chi connectivity index (χ1) is 15.8. The van der Waals surface area contributed by atoms with Crippen molar-refractivity contribution in [2.24, 2.45) is 7.05 Å². The third-order valence-electron chi connectivity index (χ3n) is 5.86. The average molecular weight is 451 g/mol. The van der Waals surface area contributed by atoms with Crippen LogP contribution in [0.3, 0.4) is 0 Å². The minimum Gasteiger partial charge on any atom is -0.389 e. The van der Waals surface area contributed by atoms with E-state index in [2.05, 4.69) is 10.2 Å². The average Bonchev–Trinajstić information content (AvgIpc) is 3.29. The summed E-state index contributed by atoms with van der Waals surface area (Å²) in [6, 6.07) is 8.01. The van der Waals surface area contributed by atoms with E-state index < -0.39 is 5.60 Å². The first-order valence-corrected chi connectivity index (χ1v) is 11.3. The smallest absolute Gasteiger partial charge is 0.239 e. The molecule has 174 valence electrons. The van der Waals surface area contributed by atoms with Gasteiger partial charge < -0.3 is 24.6 Å². The first-order valence-electron chi connectivity index (χ1n) is 11.3. The van der Waals surface area contributed by atoms with Crippen molar-refractivity contribution >= 4 is 28.0 Å². The number of hydrogen-bond acceptors (Lipinski definition) is 8. The second-order valence-corrected chi connectivity index (χ2v) is 9.11. The number of nitrogens with one attached hydrogen (secondary N) is 1. The van der Waals surface area contributed by atoms with Gasteiger partial charge in [0, 0.05) is 26.7 Å². The highest BCUT2D eigenvalue weighted by Crippen LogP contribution is 2.28. The van der Waals surface area contributed by atoms with Gasteiger partial charge in [0.1, 0.15) is 11.6 Å². The lowest BCUT2D eigenvalue weighted by Gasteiger charge is -2.28. The predicted molar refractivity (Wildman–Crippen MR) is 127 cm³/mol. The molecule has 5 rings (SSSR count). The molecule has 0 saturated carbocycles. The van der Waals surface area contributed by atoms with Crippen molar-refractivity contribution in [1.29, 1.82) is 0 Å². The molecule has 0 spiro atoms. The molecule has 1 aliphatic rings. The number of nitrogens with zero attached hydrogens (tertiary/aromatic N) is 7. The van der Waals surface area contributed by atoms with Gasteiger partial charge in [0.15, 0.2) is 17.0 Å². The van der Waals surface area contributed by atoms with Crippen LogP contribution in [-0.4, -0.2) is 72.6 Å². The monoisotopic (exact) mass is 450 g/mol. The van der Waals surface area contributed by atoms with Crippen LogP contribution in [0.15, 0.2) is 24.3 Å². The molecule has 1 aromatic carbocycles. The summed E-state index contributed by atoms with van der Waals surface area (Å²) in [6.07, 6.45) is 0. The Balaban J connectivity index is 1.65. The second kappa shape index (κ2) is 8.36. The molecule has 4 heterocycles. The predicted octanol–water partition coefficient (Wildman–Crippen LogP) is 1.71. The maximum absolute atomic E-state index is 10.0. The van der Waals surface area contributed by atoms with Gasteiger partial charge >= 0.3 is 0 Å². The van der Waals surface area contributed by atoms with E-state index in [9.17, 15) is 5.11 Å². The maximum Gasteiger partial charge on any atom is 0.239 e.